The van der Waals surface area contributed by atoms with Gasteiger partial charge >= 0.3 is 18.0 Å². The van der Waals surface area contributed by atoms with Gasteiger partial charge in [-0.2, -0.15) is 0 Å². The summed E-state index contributed by atoms with van der Waals surface area (Å²) in [7, 11) is 0. The minimum absolute atomic E-state index is 0.00927. The summed E-state index contributed by atoms with van der Waals surface area (Å²) >= 11 is 0. The van der Waals surface area contributed by atoms with Crippen molar-refractivity contribution in [3.63, 3.8) is 0 Å². The molecule has 178 valence electrons. The highest BCUT2D eigenvalue weighted by Gasteiger charge is 2.42. The third-order valence-corrected chi connectivity index (χ3v) is 5.50. The van der Waals surface area contributed by atoms with E-state index in [2.05, 4.69) is 32.7 Å². The monoisotopic (exact) mass is 449 g/mol. The molecule has 0 saturated heterocycles. The molecule has 2 rings (SSSR count). The zero-order chi connectivity index (χ0) is 23.8. The van der Waals surface area contributed by atoms with Gasteiger partial charge in [0.1, 0.15) is 19.0 Å². The molecule has 1 heterocycles. The van der Waals surface area contributed by atoms with Gasteiger partial charge in [-0.05, 0) is 55.1 Å². The lowest BCUT2D eigenvalue weighted by atomic mass is 9.60. The quantitative estimate of drug-likeness (QED) is 0.244. The van der Waals surface area contributed by atoms with Gasteiger partial charge in [0.05, 0.1) is 6.26 Å². The molecule has 8 nitrogen and oxygen atoms in total. The topological polar surface area (TPSA) is 104 Å². The van der Waals surface area contributed by atoms with Gasteiger partial charge < -0.3 is 23.9 Å². The Balaban J connectivity index is 1.78. The summed E-state index contributed by atoms with van der Waals surface area (Å²) in [6.07, 6.45) is 3.92. The first-order valence-electron chi connectivity index (χ1n) is 10.9. The van der Waals surface area contributed by atoms with Gasteiger partial charge in [0.2, 0.25) is 0 Å². The zero-order valence-corrected chi connectivity index (χ0v) is 19.5. The van der Waals surface area contributed by atoms with Crippen LogP contribution in [0.3, 0.4) is 0 Å². The van der Waals surface area contributed by atoms with E-state index in [0.717, 1.165) is 19.3 Å². The number of ether oxygens (including phenoxy) is 3. The molecule has 1 aromatic heterocycles. The average Bonchev–Trinajstić information content (AvgIpc) is 3.20. The fourth-order valence-electron chi connectivity index (χ4n) is 4.70. The van der Waals surface area contributed by atoms with Crippen LogP contribution in [0.2, 0.25) is 0 Å². The Kier molecular flexibility index (Phi) is 8.92. The number of rotatable bonds is 10. The van der Waals surface area contributed by atoms with Gasteiger partial charge in [-0.1, -0.05) is 27.4 Å². The maximum atomic E-state index is 12.3. The highest BCUT2D eigenvalue weighted by molar-refractivity contribution is 5.86. The lowest BCUT2D eigenvalue weighted by Crippen LogP contribution is -2.44. The van der Waals surface area contributed by atoms with Crippen LogP contribution in [-0.4, -0.2) is 37.8 Å². The number of hydrogen-bond donors (Lipinski definition) is 1. The van der Waals surface area contributed by atoms with Gasteiger partial charge in [-0.25, -0.2) is 9.59 Å². The van der Waals surface area contributed by atoms with Crippen molar-refractivity contribution in [3.8, 4) is 0 Å². The Hall–Kier alpha value is -2.77. The minimum atomic E-state index is -0.499. The summed E-state index contributed by atoms with van der Waals surface area (Å²) in [4.78, 5) is 35.7. The average molecular weight is 450 g/mol. The molecular formula is C24H35NO7. The SMILES string of the molecule is C=C(C)C(=O)OCCOC(=O)CC1CC(C)(C)CC(C)(CNC(=O)OCc2ccco2)C1. The van der Waals surface area contributed by atoms with E-state index in [1.54, 1.807) is 19.1 Å². The Labute approximate surface area is 189 Å². The fraction of sp³-hybridized carbons (Fsp3) is 0.625. The van der Waals surface area contributed by atoms with Crippen molar-refractivity contribution >= 4 is 18.0 Å². The largest absolute Gasteiger partial charge is 0.466 e. The number of carbonyl (C=O) groups is 3. The van der Waals surface area contributed by atoms with Crippen LogP contribution in [0.4, 0.5) is 4.79 Å². The molecule has 1 amide bonds. The van der Waals surface area contributed by atoms with Gasteiger partial charge in [0.15, 0.2) is 6.61 Å². The van der Waals surface area contributed by atoms with Gasteiger partial charge in [0.25, 0.3) is 0 Å². The van der Waals surface area contributed by atoms with Crippen LogP contribution >= 0.6 is 0 Å². The Bertz CT molecular complexity index is 799. The normalized spacial score (nSPS) is 21.9. The van der Waals surface area contributed by atoms with Crippen LogP contribution in [0.1, 0.15) is 59.1 Å². The second-order valence-electron chi connectivity index (χ2n) is 9.78. The van der Waals surface area contributed by atoms with Crippen LogP contribution in [0, 0.1) is 16.7 Å². The van der Waals surface area contributed by atoms with Crippen LogP contribution in [0.15, 0.2) is 35.0 Å². The standard InChI is InChI=1S/C24H35NO7/c1-17(2)21(27)31-10-9-30-20(26)11-18-12-23(3,4)15-24(5,13-18)16-25-22(28)32-14-19-7-6-8-29-19/h6-8,18H,1,9-16H2,2-5H3,(H,25,28). The second-order valence-corrected chi connectivity index (χ2v) is 9.78. The summed E-state index contributed by atoms with van der Waals surface area (Å²) < 4.78 is 20.5. The van der Waals surface area contributed by atoms with Crippen molar-refractivity contribution in [3.05, 3.63) is 36.3 Å². The summed E-state index contributed by atoms with van der Waals surface area (Å²) in [5.41, 5.74) is 0.154. The van der Waals surface area contributed by atoms with Crippen LogP contribution in [0.25, 0.3) is 0 Å². The summed E-state index contributed by atoms with van der Waals surface area (Å²) in [5.74, 6) is -0.0958. The Morgan fingerprint density at radius 1 is 1.16 bits per heavy atom. The predicted octanol–water partition coefficient (Wildman–Crippen LogP) is 4.39. The molecule has 1 aliphatic rings. The van der Waals surface area contributed by atoms with E-state index in [1.165, 1.54) is 6.26 Å². The van der Waals surface area contributed by atoms with Gasteiger partial charge in [-0.15, -0.1) is 0 Å². The van der Waals surface area contributed by atoms with Gasteiger partial charge in [0, 0.05) is 18.5 Å². The van der Waals surface area contributed by atoms with Crippen LogP contribution in [-0.2, 0) is 30.4 Å². The number of hydrogen-bond acceptors (Lipinski definition) is 7. The van der Waals surface area contributed by atoms with E-state index < -0.39 is 12.1 Å². The summed E-state index contributed by atoms with van der Waals surface area (Å²) in [5, 5.41) is 2.85. The van der Waals surface area contributed by atoms with Crippen molar-refractivity contribution in [1.82, 2.24) is 5.32 Å². The molecule has 0 aliphatic heterocycles. The van der Waals surface area contributed by atoms with E-state index >= 15 is 0 Å². The van der Waals surface area contributed by atoms with E-state index in [0.29, 0.717) is 17.9 Å². The number of esters is 2. The number of carbonyl (C=O) groups excluding carboxylic acids is 3. The van der Waals surface area contributed by atoms with Gasteiger partial charge in [-0.3, -0.25) is 4.79 Å². The molecule has 2 unspecified atom stereocenters. The Morgan fingerprint density at radius 2 is 1.88 bits per heavy atom. The molecule has 2 atom stereocenters. The van der Waals surface area contributed by atoms with Crippen LogP contribution < -0.4 is 5.32 Å². The molecule has 1 aromatic rings. The molecule has 8 heteroatoms. The molecule has 32 heavy (non-hydrogen) atoms. The first kappa shape index (κ1) is 25.5. The number of amides is 1. The lowest BCUT2D eigenvalue weighted by molar-refractivity contribution is -0.151. The van der Waals surface area contributed by atoms with Crippen molar-refractivity contribution in [2.75, 3.05) is 19.8 Å². The number of alkyl carbamates (subject to hydrolysis) is 1. The predicted molar refractivity (Wildman–Crippen MR) is 117 cm³/mol. The van der Waals surface area contributed by atoms with Crippen molar-refractivity contribution in [2.45, 2.75) is 60.0 Å². The third kappa shape index (κ3) is 8.77. The fourth-order valence-corrected chi connectivity index (χ4v) is 4.70. The maximum Gasteiger partial charge on any atom is 0.407 e. The van der Waals surface area contributed by atoms with Crippen LogP contribution in [0.5, 0.6) is 0 Å². The Morgan fingerprint density at radius 3 is 2.53 bits per heavy atom. The zero-order valence-electron chi connectivity index (χ0n) is 19.5. The molecular weight excluding hydrogens is 414 g/mol. The van der Waals surface area contributed by atoms with E-state index in [9.17, 15) is 14.4 Å². The highest BCUT2D eigenvalue weighted by atomic mass is 16.6. The molecule has 1 aliphatic carbocycles. The van der Waals surface area contributed by atoms with Crippen molar-refractivity contribution in [2.24, 2.45) is 16.7 Å². The number of nitrogens with one attached hydrogen (secondary N) is 1. The molecule has 1 saturated carbocycles. The second kappa shape index (κ2) is 11.2. The number of furan rings is 1. The third-order valence-electron chi connectivity index (χ3n) is 5.50. The molecule has 0 radical (unpaired) electrons. The minimum Gasteiger partial charge on any atom is -0.466 e. The first-order valence-corrected chi connectivity index (χ1v) is 10.9. The molecule has 1 fully saturated rings. The van der Waals surface area contributed by atoms with Crippen molar-refractivity contribution < 1.29 is 33.0 Å². The smallest absolute Gasteiger partial charge is 0.407 e. The maximum absolute atomic E-state index is 12.3. The summed E-state index contributed by atoms with van der Waals surface area (Å²) in [6, 6.07) is 3.48. The lowest BCUT2D eigenvalue weighted by Gasteiger charge is -2.46. The van der Waals surface area contributed by atoms with E-state index in [4.69, 9.17) is 18.6 Å². The molecule has 0 spiro atoms. The van der Waals surface area contributed by atoms with E-state index in [-0.39, 0.29) is 49.0 Å². The summed E-state index contributed by atoms with van der Waals surface area (Å²) in [6.45, 7) is 12.1. The van der Waals surface area contributed by atoms with Crippen molar-refractivity contribution in [1.29, 1.82) is 0 Å². The first-order chi connectivity index (χ1) is 15.0. The molecule has 1 N–H and O–H groups in total. The highest BCUT2D eigenvalue weighted by Crippen LogP contribution is 2.49. The molecule has 0 aromatic carbocycles. The van der Waals surface area contributed by atoms with E-state index in [1.807, 2.05) is 0 Å². The molecule has 0 bridgehead atoms.